The molecule has 0 amide bonds. The monoisotopic (exact) mass is 648 g/mol. The number of rotatable bonds is 3. The summed E-state index contributed by atoms with van der Waals surface area (Å²) in [5.74, 6) is -0.0281. The topological polar surface area (TPSA) is 34.1 Å². The average Bonchev–Trinajstić information content (AvgIpc) is 3.03. The highest BCUT2D eigenvalue weighted by Crippen LogP contribution is 2.36. The second-order valence-corrected chi connectivity index (χ2v) is 15.0. The predicted molar refractivity (Wildman–Crippen MR) is 210 cm³/mol. The number of hydrogen-bond donors (Lipinski definition) is 0. The van der Waals surface area contributed by atoms with E-state index in [2.05, 4.69) is 147 Å². The number of ketones is 2. The lowest BCUT2D eigenvalue weighted by atomic mass is 9.30. The fourth-order valence-corrected chi connectivity index (χ4v) is 9.48. The van der Waals surface area contributed by atoms with Crippen molar-refractivity contribution in [2.24, 2.45) is 0 Å². The number of carbonyl (C=O) groups excluding carboxylic acids is 2. The fourth-order valence-electron chi connectivity index (χ4n) is 9.48. The van der Waals surface area contributed by atoms with Crippen molar-refractivity contribution in [1.29, 1.82) is 0 Å². The Bertz CT molecular complexity index is 2300. The second kappa shape index (κ2) is 11.4. The summed E-state index contributed by atoms with van der Waals surface area (Å²) in [5, 5.41) is 0. The van der Waals surface area contributed by atoms with E-state index in [-0.39, 0.29) is 18.3 Å². The van der Waals surface area contributed by atoms with Gasteiger partial charge in [-0.25, -0.2) is 0 Å². The first kappa shape index (κ1) is 32.0. The van der Waals surface area contributed by atoms with Gasteiger partial charge in [0.2, 0.25) is 6.71 Å². The van der Waals surface area contributed by atoms with Gasteiger partial charge < -0.3 is 0 Å². The van der Waals surface area contributed by atoms with Crippen LogP contribution < -0.4 is 16.4 Å². The molecule has 0 saturated heterocycles. The van der Waals surface area contributed by atoms with Crippen molar-refractivity contribution < 1.29 is 9.59 Å². The molecule has 2 aliphatic heterocycles. The first-order chi connectivity index (χ1) is 23.8. The van der Waals surface area contributed by atoms with E-state index in [1.165, 1.54) is 50.1 Å². The van der Waals surface area contributed by atoms with Gasteiger partial charge in [0.15, 0.2) is 11.6 Å². The molecule has 0 atom stereocenters. The van der Waals surface area contributed by atoms with Gasteiger partial charge in [0.1, 0.15) is 0 Å². The lowest BCUT2D eigenvalue weighted by Crippen LogP contribution is -2.63. The third-order valence-electron chi connectivity index (χ3n) is 11.1. The quantitative estimate of drug-likeness (QED) is 0.179. The van der Waals surface area contributed by atoms with Gasteiger partial charge in [0.05, 0.1) is 0 Å². The van der Waals surface area contributed by atoms with E-state index >= 15 is 0 Å². The van der Waals surface area contributed by atoms with Gasteiger partial charge in [0.25, 0.3) is 0 Å². The molecule has 0 fully saturated rings. The third kappa shape index (κ3) is 4.78. The Morgan fingerprint density at radius 1 is 0.360 bits per heavy atom. The molecule has 8 rings (SSSR count). The van der Waals surface area contributed by atoms with E-state index in [4.69, 9.17) is 0 Å². The number of fused-ring (bicyclic) bond motifs is 4. The molecule has 6 aromatic carbocycles. The minimum absolute atomic E-state index is 0.0141. The lowest BCUT2D eigenvalue weighted by Gasteiger charge is -2.33. The zero-order valence-electron chi connectivity index (χ0n) is 30.5. The van der Waals surface area contributed by atoms with Crippen LogP contribution in [0.2, 0.25) is 0 Å². The lowest BCUT2D eigenvalue weighted by molar-refractivity contribution is 0.103. The number of hydrogen-bond acceptors (Lipinski definition) is 2. The summed E-state index contributed by atoms with van der Waals surface area (Å²) in [5.41, 5.74) is 22.6. The summed E-state index contributed by atoms with van der Waals surface area (Å²) < 4.78 is 0. The minimum Gasteiger partial charge on any atom is -0.289 e. The van der Waals surface area contributed by atoms with Crippen molar-refractivity contribution in [2.75, 3.05) is 0 Å². The van der Waals surface area contributed by atoms with E-state index in [1.54, 1.807) is 0 Å². The second-order valence-electron chi connectivity index (χ2n) is 15.0. The van der Waals surface area contributed by atoms with Gasteiger partial charge in [-0.2, -0.15) is 0 Å². The summed E-state index contributed by atoms with van der Waals surface area (Å²) in [6.45, 7) is 19.0. The summed E-state index contributed by atoms with van der Waals surface area (Å²) in [7, 11) is 0. The van der Waals surface area contributed by atoms with Gasteiger partial charge in [-0.1, -0.05) is 88.3 Å². The van der Waals surface area contributed by atoms with Crippen LogP contribution in [0.1, 0.15) is 81.9 Å². The maximum absolute atomic E-state index is 14.8. The van der Waals surface area contributed by atoms with Gasteiger partial charge in [0, 0.05) is 22.3 Å². The van der Waals surface area contributed by atoms with Gasteiger partial charge in [-0.15, -0.1) is 0 Å². The highest BCUT2D eigenvalue weighted by atomic mass is 16.1. The smallest absolute Gasteiger partial charge is 0.245 e. The van der Waals surface area contributed by atoms with Crippen LogP contribution in [-0.2, 0) is 0 Å². The summed E-state index contributed by atoms with van der Waals surface area (Å²) >= 11 is 0. The average molecular weight is 649 g/mol. The maximum Gasteiger partial charge on any atom is 0.245 e. The Kier molecular flexibility index (Phi) is 7.28. The summed E-state index contributed by atoms with van der Waals surface area (Å²) in [6, 6.07) is 30.1. The SMILES string of the molecule is Cc1cc(C)c(-c2ccc3c(c2)C(=O)c2cc(-c4c(C)cc(C)cc4C)cc4c2B3c2ccc(-c3c(C)cc(C)cc3C)cc2C4=O)c(C)c1. The predicted octanol–water partition coefficient (Wildman–Crippen LogP) is 9.07. The van der Waals surface area contributed by atoms with Crippen LogP contribution in [0.4, 0.5) is 0 Å². The maximum atomic E-state index is 14.8. The van der Waals surface area contributed by atoms with Crippen LogP contribution in [0.5, 0.6) is 0 Å². The largest absolute Gasteiger partial charge is 0.289 e. The first-order valence-electron chi connectivity index (χ1n) is 17.6. The van der Waals surface area contributed by atoms with Gasteiger partial charge in [-0.3, -0.25) is 9.59 Å². The molecular weight excluding hydrogens is 607 g/mol. The van der Waals surface area contributed by atoms with Crippen molar-refractivity contribution in [1.82, 2.24) is 0 Å². The normalized spacial score (nSPS) is 12.9. The van der Waals surface area contributed by atoms with Crippen LogP contribution in [-0.4, -0.2) is 18.3 Å². The molecule has 0 spiro atoms. The molecule has 0 saturated carbocycles. The third-order valence-corrected chi connectivity index (χ3v) is 11.1. The zero-order valence-corrected chi connectivity index (χ0v) is 30.5. The minimum atomic E-state index is -0.224. The molecule has 0 unspecified atom stereocenters. The molecule has 2 aliphatic rings. The molecule has 50 heavy (non-hydrogen) atoms. The van der Waals surface area contributed by atoms with E-state index in [0.29, 0.717) is 11.1 Å². The highest BCUT2D eigenvalue weighted by molar-refractivity contribution is 7.00. The van der Waals surface area contributed by atoms with Crippen molar-refractivity contribution >= 4 is 34.7 Å². The van der Waals surface area contributed by atoms with Crippen LogP contribution in [0.15, 0.2) is 84.9 Å². The zero-order chi connectivity index (χ0) is 35.3. The molecule has 2 nitrogen and oxygen atoms in total. The number of benzene rings is 6. The Morgan fingerprint density at radius 2 is 0.660 bits per heavy atom. The van der Waals surface area contributed by atoms with Crippen molar-refractivity contribution in [3.63, 3.8) is 0 Å². The van der Waals surface area contributed by atoms with Crippen LogP contribution in [0.25, 0.3) is 33.4 Å². The van der Waals surface area contributed by atoms with Crippen molar-refractivity contribution in [2.45, 2.75) is 62.3 Å². The van der Waals surface area contributed by atoms with E-state index in [0.717, 1.165) is 60.9 Å². The summed E-state index contributed by atoms with van der Waals surface area (Å²) in [4.78, 5) is 29.6. The summed E-state index contributed by atoms with van der Waals surface area (Å²) in [6.07, 6.45) is 0. The fraction of sp³-hybridized carbons (Fsp3) is 0.191. The Hall–Kier alpha value is -5.28. The Morgan fingerprint density at radius 3 is 1.00 bits per heavy atom. The van der Waals surface area contributed by atoms with Crippen molar-refractivity contribution in [3.05, 3.63) is 157 Å². The molecule has 0 aliphatic carbocycles. The van der Waals surface area contributed by atoms with Crippen LogP contribution in [0.3, 0.4) is 0 Å². The standard InChI is InChI=1S/C47H41BO2/c1-24-14-27(4)42(28(5)15-24)33-10-12-40-36(20-33)46(49)38-22-35(44-31(8)18-26(3)19-32(44)9)23-39-45(38)48(40)41-13-11-34(21-37(41)47(39)50)43-29(6)16-25(2)17-30(43)7/h10-23H,1-9H3. The molecule has 2 heterocycles. The first-order valence-corrected chi connectivity index (χ1v) is 17.6. The van der Waals surface area contributed by atoms with E-state index in [1.807, 2.05) is 0 Å². The van der Waals surface area contributed by atoms with Crippen molar-refractivity contribution in [3.8, 4) is 33.4 Å². The molecule has 0 N–H and O–H groups in total. The molecule has 0 radical (unpaired) electrons. The van der Waals surface area contributed by atoms with Gasteiger partial charge >= 0.3 is 0 Å². The molecule has 6 aromatic rings. The number of carbonyl (C=O) groups is 2. The van der Waals surface area contributed by atoms with Gasteiger partial charge in [-0.05, 0) is 159 Å². The molecule has 0 bridgehead atoms. The Balaban J connectivity index is 1.41. The van der Waals surface area contributed by atoms with Crippen LogP contribution >= 0.6 is 0 Å². The molecule has 244 valence electrons. The number of aryl methyl sites for hydroxylation is 9. The van der Waals surface area contributed by atoms with E-state index in [9.17, 15) is 9.59 Å². The molecule has 0 aromatic heterocycles. The van der Waals surface area contributed by atoms with E-state index < -0.39 is 0 Å². The molecule has 3 heteroatoms. The molecular formula is C47H41BO2. The van der Waals surface area contributed by atoms with Crippen LogP contribution in [0, 0.1) is 62.3 Å². The highest BCUT2D eigenvalue weighted by Gasteiger charge is 2.43. The Labute approximate surface area is 296 Å².